The van der Waals surface area contributed by atoms with Crippen molar-refractivity contribution in [2.24, 2.45) is 5.92 Å². The van der Waals surface area contributed by atoms with Gasteiger partial charge in [0.05, 0.1) is 5.56 Å². The summed E-state index contributed by atoms with van der Waals surface area (Å²) in [6, 6.07) is 12.2. The zero-order valence-corrected chi connectivity index (χ0v) is 14.3. The van der Waals surface area contributed by atoms with Crippen molar-refractivity contribution in [2.45, 2.75) is 50.5 Å². The quantitative estimate of drug-likeness (QED) is 0.926. The Morgan fingerprint density at radius 2 is 2.08 bits per heavy atom. The van der Waals surface area contributed by atoms with Gasteiger partial charge in [0.1, 0.15) is 5.78 Å². The standard InChI is InChI=1S/C21H23NO3/c23-18-8-9-21(13-15-5-2-1-3-6-15)17(12-18)7-4-10-22-14-16(20(24)25)11-19(21)22/h1-3,5-6,11,14,17H,4,7-10,12-13H2,(H,24,25)/t17-,21-/m0/s1. The number of aryl methyl sites for hydroxylation is 1. The first kappa shape index (κ1) is 16.1. The van der Waals surface area contributed by atoms with E-state index >= 15 is 0 Å². The minimum atomic E-state index is -0.876. The fraction of sp³-hybridized carbons (Fsp3) is 0.429. The molecule has 0 spiro atoms. The molecule has 1 aliphatic carbocycles. The fourth-order valence-electron chi connectivity index (χ4n) is 4.88. The number of carbonyl (C=O) groups is 2. The Bertz CT molecular complexity index is 808. The van der Waals surface area contributed by atoms with Gasteiger partial charge in [0.2, 0.25) is 0 Å². The average molecular weight is 337 g/mol. The minimum absolute atomic E-state index is 0.139. The minimum Gasteiger partial charge on any atom is -0.478 e. The van der Waals surface area contributed by atoms with Gasteiger partial charge in [-0.3, -0.25) is 4.79 Å². The van der Waals surface area contributed by atoms with Crippen LogP contribution in [0, 0.1) is 5.92 Å². The molecule has 2 heterocycles. The first-order valence-corrected chi connectivity index (χ1v) is 9.08. The third-order valence-electron chi connectivity index (χ3n) is 6.07. The van der Waals surface area contributed by atoms with E-state index in [0.717, 1.165) is 37.9 Å². The molecule has 1 N–H and O–H groups in total. The molecule has 25 heavy (non-hydrogen) atoms. The van der Waals surface area contributed by atoms with Crippen LogP contribution in [0.2, 0.25) is 0 Å². The van der Waals surface area contributed by atoms with Gasteiger partial charge in [-0.2, -0.15) is 0 Å². The van der Waals surface area contributed by atoms with Crippen molar-refractivity contribution >= 4 is 11.8 Å². The summed E-state index contributed by atoms with van der Waals surface area (Å²) >= 11 is 0. The summed E-state index contributed by atoms with van der Waals surface area (Å²) in [5.41, 5.74) is 2.59. The lowest BCUT2D eigenvalue weighted by atomic mass is 9.60. The summed E-state index contributed by atoms with van der Waals surface area (Å²) < 4.78 is 2.14. The van der Waals surface area contributed by atoms with Crippen molar-refractivity contribution < 1.29 is 14.7 Å². The van der Waals surface area contributed by atoms with Gasteiger partial charge in [0.25, 0.3) is 0 Å². The van der Waals surface area contributed by atoms with Crippen LogP contribution < -0.4 is 0 Å². The van der Waals surface area contributed by atoms with E-state index in [0.29, 0.717) is 30.1 Å². The molecule has 0 unspecified atom stereocenters. The van der Waals surface area contributed by atoms with E-state index in [1.165, 1.54) is 5.56 Å². The Morgan fingerprint density at radius 3 is 2.84 bits per heavy atom. The predicted molar refractivity (Wildman–Crippen MR) is 94.8 cm³/mol. The molecule has 1 saturated carbocycles. The number of benzene rings is 1. The highest BCUT2D eigenvalue weighted by molar-refractivity contribution is 5.88. The van der Waals surface area contributed by atoms with Crippen LogP contribution in [0.15, 0.2) is 42.6 Å². The Kier molecular flexibility index (Phi) is 3.98. The van der Waals surface area contributed by atoms with Gasteiger partial charge >= 0.3 is 5.97 Å². The zero-order chi connectivity index (χ0) is 17.4. The number of hydrogen-bond donors (Lipinski definition) is 1. The lowest BCUT2D eigenvalue weighted by molar-refractivity contribution is -0.123. The van der Waals surface area contributed by atoms with Crippen LogP contribution in [0.3, 0.4) is 0 Å². The van der Waals surface area contributed by atoms with E-state index in [1.54, 1.807) is 6.20 Å². The third-order valence-corrected chi connectivity index (χ3v) is 6.07. The lowest BCUT2D eigenvalue weighted by Gasteiger charge is -2.43. The van der Waals surface area contributed by atoms with E-state index < -0.39 is 5.97 Å². The van der Waals surface area contributed by atoms with E-state index in [9.17, 15) is 14.7 Å². The van der Waals surface area contributed by atoms with Crippen molar-refractivity contribution in [3.05, 3.63) is 59.4 Å². The van der Waals surface area contributed by atoms with E-state index in [1.807, 2.05) is 24.3 Å². The normalized spacial score (nSPS) is 25.8. The van der Waals surface area contributed by atoms with Gasteiger partial charge in [0.15, 0.2) is 0 Å². The molecule has 2 aromatic rings. The fourth-order valence-corrected chi connectivity index (χ4v) is 4.88. The molecule has 1 aromatic heterocycles. The van der Waals surface area contributed by atoms with E-state index in [-0.39, 0.29) is 5.41 Å². The highest BCUT2D eigenvalue weighted by Gasteiger charge is 2.47. The summed E-state index contributed by atoms with van der Waals surface area (Å²) in [6.07, 6.45) is 6.71. The Hall–Kier alpha value is -2.36. The van der Waals surface area contributed by atoms with Gasteiger partial charge in [-0.1, -0.05) is 30.3 Å². The summed E-state index contributed by atoms with van der Waals surface area (Å²) in [7, 11) is 0. The molecule has 4 nitrogen and oxygen atoms in total. The van der Waals surface area contributed by atoms with Crippen molar-refractivity contribution in [3.63, 3.8) is 0 Å². The summed E-state index contributed by atoms with van der Waals surface area (Å²) in [5.74, 6) is -0.224. The number of ketones is 1. The van der Waals surface area contributed by atoms with E-state index in [4.69, 9.17) is 0 Å². The largest absolute Gasteiger partial charge is 0.478 e. The van der Waals surface area contributed by atoms with Crippen LogP contribution >= 0.6 is 0 Å². The number of carbonyl (C=O) groups excluding carboxylic acids is 1. The van der Waals surface area contributed by atoms with Crippen LogP contribution in [-0.2, 0) is 23.2 Å². The molecular weight excluding hydrogens is 314 g/mol. The SMILES string of the molecule is O=C1CC[C@@]2(Cc3ccccc3)c3cc(C(=O)O)cn3CCC[C@H]2C1. The number of hydrogen-bond acceptors (Lipinski definition) is 2. The molecule has 4 rings (SSSR count). The van der Waals surface area contributed by atoms with Crippen LogP contribution in [0.25, 0.3) is 0 Å². The number of nitrogens with zero attached hydrogens (tertiary/aromatic N) is 1. The number of carboxylic acid groups (broad SMARTS) is 1. The van der Waals surface area contributed by atoms with Crippen LogP contribution in [0.4, 0.5) is 0 Å². The summed E-state index contributed by atoms with van der Waals surface area (Å²) in [6.45, 7) is 0.837. The number of fused-ring (bicyclic) bond motifs is 3. The molecule has 4 heteroatoms. The van der Waals surface area contributed by atoms with Crippen molar-refractivity contribution in [1.29, 1.82) is 0 Å². The van der Waals surface area contributed by atoms with E-state index in [2.05, 4.69) is 16.7 Å². The Morgan fingerprint density at radius 1 is 1.28 bits per heavy atom. The first-order valence-electron chi connectivity index (χ1n) is 9.08. The molecule has 130 valence electrons. The molecule has 0 amide bonds. The first-order chi connectivity index (χ1) is 12.1. The summed E-state index contributed by atoms with van der Waals surface area (Å²) in [4.78, 5) is 23.7. The molecule has 0 saturated heterocycles. The molecule has 2 atom stereocenters. The van der Waals surface area contributed by atoms with Crippen molar-refractivity contribution in [3.8, 4) is 0 Å². The second-order valence-corrected chi connectivity index (χ2v) is 7.51. The maximum Gasteiger partial charge on any atom is 0.337 e. The molecule has 2 aliphatic rings. The number of carboxylic acids is 1. The van der Waals surface area contributed by atoms with Crippen LogP contribution in [-0.4, -0.2) is 21.4 Å². The highest BCUT2D eigenvalue weighted by Crippen LogP contribution is 2.49. The number of rotatable bonds is 3. The molecular formula is C21H23NO3. The molecule has 0 bridgehead atoms. The maximum atomic E-state index is 12.1. The molecule has 1 aliphatic heterocycles. The second kappa shape index (κ2) is 6.17. The monoisotopic (exact) mass is 337 g/mol. The maximum absolute atomic E-state index is 12.1. The molecule has 1 aromatic carbocycles. The van der Waals surface area contributed by atoms with Crippen molar-refractivity contribution in [2.75, 3.05) is 0 Å². The van der Waals surface area contributed by atoms with Crippen LogP contribution in [0.1, 0.15) is 53.7 Å². The molecule has 0 radical (unpaired) electrons. The Balaban J connectivity index is 1.84. The number of aromatic carboxylic acids is 1. The zero-order valence-electron chi connectivity index (χ0n) is 14.3. The van der Waals surface area contributed by atoms with Gasteiger partial charge < -0.3 is 9.67 Å². The molecule has 1 fully saturated rings. The van der Waals surface area contributed by atoms with Gasteiger partial charge in [-0.15, -0.1) is 0 Å². The third kappa shape index (κ3) is 2.80. The second-order valence-electron chi connectivity index (χ2n) is 7.51. The van der Waals surface area contributed by atoms with Gasteiger partial charge in [-0.05, 0) is 43.2 Å². The lowest BCUT2D eigenvalue weighted by Crippen LogP contribution is -2.43. The number of Topliss-reactive ketones (excluding diaryl/α,β-unsaturated/α-hetero) is 1. The van der Waals surface area contributed by atoms with Crippen LogP contribution in [0.5, 0.6) is 0 Å². The predicted octanol–water partition coefficient (Wildman–Crippen LogP) is 3.83. The number of aromatic nitrogens is 1. The Labute approximate surface area is 147 Å². The summed E-state index contributed by atoms with van der Waals surface area (Å²) in [5, 5.41) is 9.45. The average Bonchev–Trinajstić information content (AvgIpc) is 2.98. The smallest absolute Gasteiger partial charge is 0.337 e. The van der Waals surface area contributed by atoms with Gasteiger partial charge in [-0.25, -0.2) is 4.79 Å². The highest BCUT2D eigenvalue weighted by atomic mass is 16.4. The topological polar surface area (TPSA) is 59.3 Å². The van der Waals surface area contributed by atoms with Gasteiger partial charge in [0, 0.05) is 36.7 Å². The van der Waals surface area contributed by atoms with Crippen molar-refractivity contribution in [1.82, 2.24) is 4.57 Å².